The van der Waals surface area contributed by atoms with Gasteiger partial charge >= 0.3 is 0 Å². The monoisotopic (exact) mass is 502 g/mol. The number of methoxy groups -OCH3 is 3. The molecule has 0 aliphatic carbocycles. The van der Waals surface area contributed by atoms with Crippen molar-refractivity contribution in [2.24, 2.45) is 0 Å². The summed E-state index contributed by atoms with van der Waals surface area (Å²) in [7, 11) is 4.37. The summed E-state index contributed by atoms with van der Waals surface area (Å²) < 4.78 is 22.1. The van der Waals surface area contributed by atoms with Gasteiger partial charge in [-0.1, -0.05) is 11.3 Å². The maximum Gasteiger partial charge on any atom is 0.286 e. The van der Waals surface area contributed by atoms with Gasteiger partial charge in [0.15, 0.2) is 16.6 Å². The Balaban J connectivity index is 1.75. The molecule has 3 aromatic rings. The molecule has 1 aliphatic heterocycles. The number of hydrogen-bond donors (Lipinski definition) is 0. The number of ether oxygens (including phenoxy) is 4. The van der Waals surface area contributed by atoms with Crippen molar-refractivity contribution in [3.8, 4) is 17.2 Å². The number of thiazole rings is 1. The molecular formula is C23H26N4O7S. The maximum absolute atomic E-state index is 13.8. The molecule has 0 N–H and O–H groups in total. The lowest BCUT2D eigenvalue weighted by Gasteiger charge is -2.29. The van der Waals surface area contributed by atoms with E-state index in [9.17, 15) is 14.9 Å². The highest BCUT2D eigenvalue weighted by Gasteiger charge is 2.30. The molecule has 0 unspecified atom stereocenters. The van der Waals surface area contributed by atoms with Crippen LogP contribution in [0.15, 0.2) is 30.3 Å². The zero-order chi connectivity index (χ0) is 24.9. The minimum absolute atomic E-state index is 0.105. The Morgan fingerprint density at radius 1 is 1.14 bits per heavy atom. The van der Waals surface area contributed by atoms with Crippen molar-refractivity contribution in [3.63, 3.8) is 0 Å². The van der Waals surface area contributed by atoms with Crippen LogP contribution in [0.3, 0.4) is 0 Å². The molecule has 1 saturated heterocycles. The summed E-state index contributed by atoms with van der Waals surface area (Å²) in [4.78, 5) is 33.4. The molecule has 4 rings (SSSR count). The molecule has 1 fully saturated rings. The van der Waals surface area contributed by atoms with Crippen molar-refractivity contribution in [2.45, 2.75) is 0 Å². The first-order valence-corrected chi connectivity index (χ1v) is 11.7. The quantitative estimate of drug-likeness (QED) is 0.321. The lowest BCUT2D eigenvalue weighted by molar-refractivity contribution is -0.385. The normalized spacial score (nSPS) is 14.0. The van der Waals surface area contributed by atoms with Gasteiger partial charge in [-0.3, -0.25) is 24.7 Å². The van der Waals surface area contributed by atoms with E-state index in [1.165, 1.54) is 42.6 Å². The summed E-state index contributed by atoms with van der Waals surface area (Å²) in [5, 5.41) is 12.3. The van der Waals surface area contributed by atoms with Crippen molar-refractivity contribution in [1.82, 2.24) is 9.88 Å². The smallest absolute Gasteiger partial charge is 0.286 e. The topological polar surface area (TPSA) is 116 Å². The van der Waals surface area contributed by atoms with Crippen molar-refractivity contribution in [2.75, 3.05) is 65.6 Å². The van der Waals surface area contributed by atoms with E-state index in [2.05, 4.69) is 9.88 Å². The number of fused-ring (bicyclic) bond motifs is 1. The fourth-order valence-electron chi connectivity index (χ4n) is 3.82. The van der Waals surface area contributed by atoms with Crippen LogP contribution in [-0.2, 0) is 4.74 Å². The Morgan fingerprint density at radius 2 is 1.86 bits per heavy atom. The van der Waals surface area contributed by atoms with E-state index in [1.54, 1.807) is 13.2 Å². The summed E-state index contributed by atoms with van der Waals surface area (Å²) in [6.07, 6.45) is 0. The van der Waals surface area contributed by atoms with Crippen molar-refractivity contribution in [1.29, 1.82) is 0 Å². The molecule has 186 valence electrons. The van der Waals surface area contributed by atoms with Gasteiger partial charge in [-0.05, 0) is 18.2 Å². The SMILES string of the molecule is COc1ccc2nc(N(CCN3CCOCC3)C(=O)c3cc(OC)c(OC)cc3[N+](=O)[O-])sc2c1. The van der Waals surface area contributed by atoms with Crippen LogP contribution in [-0.4, -0.2) is 81.4 Å². The van der Waals surface area contributed by atoms with Gasteiger partial charge in [0.05, 0.1) is 55.7 Å². The van der Waals surface area contributed by atoms with Gasteiger partial charge in [0, 0.05) is 32.2 Å². The fourth-order valence-corrected chi connectivity index (χ4v) is 4.84. The summed E-state index contributed by atoms with van der Waals surface area (Å²) in [5.41, 5.74) is 0.232. The number of carbonyl (C=O) groups excluding carboxylic acids is 1. The third kappa shape index (κ3) is 5.29. The molecular weight excluding hydrogens is 476 g/mol. The molecule has 1 aliphatic rings. The molecule has 0 spiro atoms. The van der Waals surface area contributed by atoms with Crippen LogP contribution in [0.2, 0.25) is 0 Å². The number of nitrogens with zero attached hydrogens (tertiary/aromatic N) is 4. The molecule has 0 saturated carbocycles. The zero-order valence-electron chi connectivity index (χ0n) is 19.7. The average molecular weight is 503 g/mol. The van der Waals surface area contributed by atoms with Gasteiger partial charge in [-0.2, -0.15) is 0 Å². The summed E-state index contributed by atoms with van der Waals surface area (Å²) in [6, 6.07) is 8.01. The zero-order valence-corrected chi connectivity index (χ0v) is 20.5. The lowest BCUT2D eigenvalue weighted by atomic mass is 10.1. The third-order valence-electron chi connectivity index (χ3n) is 5.73. The summed E-state index contributed by atoms with van der Waals surface area (Å²) in [5.74, 6) is 0.526. The molecule has 12 heteroatoms. The predicted octanol–water partition coefficient (Wildman–Crippen LogP) is 3.21. The molecule has 0 bridgehead atoms. The Bertz CT molecular complexity index is 1230. The first-order chi connectivity index (χ1) is 16.9. The largest absolute Gasteiger partial charge is 0.497 e. The number of morpholine rings is 1. The highest BCUT2D eigenvalue weighted by Crippen LogP contribution is 2.37. The number of aromatic nitrogens is 1. The van der Waals surface area contributed by atoms with Gasteiger partial charge < -0.3 is 18.9 Å². The molecule has 35 heavy (non-hydrogen) atoms. The van der Waals surface area contributed by atoms with E-state index in [0.717, 1.165) is 17.8 Å². The standard InChI is InChI=1S/C23H26N4O7S/c1-31-15-4-5-17-21(12-15)35-23(24-17)26(7-6-25-8-10-34-11-9-25)22(28)16-13-19(32-2)20(33-3)14-18(16)27(29)30/h4-5,12-14H,6-11H2,1-3H3. The summed E-state index contributed by atoms with van der Waals surface area (Å²) >= 11 is 1.32. The fraction of sp³-hybridized carbons (Fsp3) is 0.391. The molecule has 0 radical (unpaired) electrons. The van der Waals surface area contributed by atoms with E-state index in [4.69, 9.17) is 18.9 Å². The van der Waals surface area contributed by atoms with Crippen LogP contribution in [0.4, 0.5) is 10.8 Å². The van der Waals surface area contributed by atoms with Gasteiger partial charge in [0.25, 0.3) is 11.6 Å². The minimum atomic E-state index is -0.599. The van der Waals surface area contributed by atoms with Gasteiger partial charge in [-0.25, -0.2) is 4.98 Å². The number of carbonyl (C=O) groups is 1. The average Bonchev–Trinajstić information content (AvgIpc) is 3.31. The van der Waals surface area contributed by atoms with Crippen LogP contribution in [0, 0.1) is 10.1 Å². The predicted molar refractivity (Wildman–Crippen MR) is 131 cm³/mol. The van der Waals surface area contributed by atoms with E-state index >= 15 is 0 Å². The molecule has 1 aromatic heterocycles. The van der Waals surface area contributed by atoms with E-state index < -0.39 is 10.8 Å². The number of nitro benzene ring substituents is 1. The first-order valence-electron chi connectivity index (χ1n) is 10.9. The summed E-state index contributed by atoms with van der Waals surface area (Å²) in [6.45, 7) is 3.59. The maximum atomic E-state index is 13.8. The highest BCUT2D eigenvalue weighted by atomic mass is 32.1. The van der Waals surface area contributed by atoms with E-state index in [-0.39, 0.29) is 22.7 Å². The number of amides is 1. The number of hydrogen-bond acceptors (Lipinski definition) is 10. The molecule has 11 nitrogen and oxygen atoms in total. The van der Waals surface area contributed by atoms with Gasteiger partial charge in [-0.15, -0.1) is 0 Å². The van der Waals surface area contributed by atoms with E-state index in [0.29, 0.717) is 42.7 Å². The number of nitro groups is 1. The van der Waals surface area contributed by atoms with Crippen molar-refractivity contribution >= 4 is 38.3 Å². The Labute approximate surface area is 205 Å². The van der Waals surface area contributed by atoms with Crippen LogP contribution in [0.1, 0.15) is 10.4 Å². The second kappa shape index (κ2) is 10.8. The first kappa shape index (κ1) is 24.6. The number of anilines is 1. The van der Waals surface area contributed by atoms with Gasteiger partial charge in [0.2, 0.25) is 0 Å². The Hall–Kier alpha value is -3.48. The third-order valence-corrected chi connectivity index (χ3v) is 6.77. The van der Waals surface area contributed by atoms with Crippen LogP contribution < -0.4 is 19.1 Å². The second-order valence-corrected chi connectivity index (χ2v) is 8.73. The molecule has 0 atom stereocenters. The van der Waals surface area contributed by atoms with Crippen LogP contribution in [0.25, 0.3) is 10.2 Å². The van der Waals surface area contributed by atoms with E-state index in [1.807, 2.05) is 12.1 Å². The van der Waals surface area contributed by atoms with Crippen LogP contribution in [0.5, 0.6) is 17.2 Å². The second-order valence-electron chi connectivity index (χ2n) is 7.72. The number of benzene rings is 2. The molecule has 2 heterocycles. The Kier molecular flexibility index (Phi) is 7.63. The highest BCUT2D eigenvalue weighted by molar-refractivity contribution is 7.22. The minimum Gasteiger partial charge on any atom is -0.497 e. The molecule has 1 amide bonds. The van der Waals surface area contributed by atoms with Crippen molar-refractivity contribution in [3.05, 3.63) is 46.0 Å². The number of rotatable bonds is 9. The lowest BCUT2D eigenvalue weighted by Crippen LogP contribution is -2.43. The Morgan fingerprint density at radius 3 is 2.51 bits per heavy atom. The molecule has 2 aromatic carbocycles. The van der Waals surface area contributed by atoms with Gasteiger partial charge in [0.1, 0.15) is 11.3 Å². The van der Waals surface area contributed by atoms with Crippen LogP contribution >= 0.6 is 11.3 Å². The van der Waals surface area contributed by atoms with Crippen molar-refractivity contribution < 1.29 is 28.7 Å².